The van der Waals surface area contributed by atoms with Gasteiger partial charge in [-0.05, 0) is 39.5 Å². The molecule has 2 heterocycles. The van der Waals surface area contributed by atoms with Crippen LogP contribution in [0.15, 0.2) is 53.3 Å². The summed E-state index contributed by atoms with van der Waals surface area (Å²) in [6.07, 6.45) is 4.95. The molecule has 0 spiro atoms. The lowest BCUT2D eigenvalue weighted by Gasteiger charge is -2.34. The summed E-state index contributed by atoms with van der Waals surface area (Å²) in [5.41, 5.74) is 2.72. The molecule has 116 valence electrons. The summed E-state index contributed by atoms with van der Waals surface area (Å²) < 4.78 is 1.06. The highest BCUT2D eigenvalue weighted by atomic mass is 79.9. The minimum absolute atomic E-state index is 0.999. The van der Waals surface area contributed by atoms with Crippen molar-refractivity contribution in [2.75, 3.05) is 32.7 Å². The van der Waals surface area contributed by atoms with Crippen molar-refractivity contribution >= 4 is 15.9 Å². The Morgan fingerprint density at radius 1 is 0.909 bits per heavy atom. The molecule has 3 nitrogen and oxygen atoms in total. The van der Waals surface area contributed by atoms with Crippen LogP contribution < -0.4 is 0 Å². The van der Waals surface area contributed by atoms with Crippen LogP contribution >= 0.6 is 15.9 Å². The molecule has 0 saturated carbocycles. The van der Waals surface area contributed by atoms with Crippen LogP contribution in [0.4, 0.5) is 0 Å². The number of benzene rings is 1. The molecule has 0 N–H and O–H groups in total. The van der Waals surface area contributed by atoms with Gasteiger partial charge in [0.2, 0.25) is 0 Å². The van der Waals surface area contributed by atoms with E-state index in [4.69, 9.17) is 0 Å². The van der Waals surface area contributed by atoms with Crippen LogP contribution in [0.3, 0.4) is 0 Å². The quantitative estimate of drug-likeness (QED) is 0.816. The molecule has 2 aromatic rings. The summed E-state index contributed by atoms with van der Waals surface area (Å²) in [5, 5.41) is 0. The van der Waals surface area contributed by atoms with Crippen molar-refractivity contribution in [2.24, 2.45) is 0 Å². The lowest BCUT2D eigenvalue weighted by atomic mass is 10.1. The third-order valence-corrected chi connectivity index (χ3v) is 4.63. The van der Waals surface area contributed by atoms with Gasteiger partial charge in [0, 0.05) is 56.1 Å². The fourth-order valence-electron chi connectivity index (χ4n) is 2.90. The molecule has 1 aliphatic heterocycles. The number of halogens is 1. The molecule has 1 aromatic carbocycles. The van der Waals surface area contributed by atoms with Crippen molar-refractivity contribution < 1.29 is 0 Å². The molecule has 1 fully saturated rings. The molecular formula is C18H22BrN3. The highest BCUT2D eigenvalue weighted by Crippen LogP contribution is 2.13. The first-order valence-corrected chi connectivity index (χ1v) is 8.67. The van der Waals surface area contributed by atoms with Gasteiger partial charge in [0.05, 0.1) is 0 Å². The van der Waals surface area contributed by atoms with Gasteiger partial charge in [-0.15, -0.1) is 0 Å². The average Bonchev–Trinajstić information content (AvgIpc) is 2.55. The van der Waals surface area contributed by atoms with E-state index >= 15 is 0 Å². The monoisotopic (exact) mass is 359 g/mol. The van der Waals surface area contributed by atoms with Crippen molar-refractivity contribution in [2.45, 2.75) is 13.0 Å². The molecule has 0 radical (unpaired) electrons. The van der Waals surface area contributed by atoms with E-state index in [-0.39, 0.29) is 0 Å². The Morgan fingerprint density at radius 2 is 1.64 bits per heavy atom. The van der Waals surface area contributed by atoms with Gasteiger partial charge in [0.15, 0.2) is 0 Å². The normalized spacial score (nSPS) is 16.8. The molecule has 0 amide bonds. The second-order valence-corrected chi connectivity index (χ2v) is 6.78. The largest absolute Gasteiger partial charge is 0.300 e. The van der Waals surface area contributed by atoms with Crippen molar-refractivity contribution in [3.05, 3.63) is 64.4 Å². The number of rotatable bonds is 5. The summed E-state index contributed by atoms with van der Waals surface area (Å²) in [4.78, 5) is 9.33. The number of nitrogens with zero attached hydrogens (tertiary/aromatic N) is 3. The van der Waals surface area contributed by atoms with Crippen LogP contribution in [-0.4, -0.2) is 47.5 Å². The fourth-order valence-corrected chi connectivity index (χ4v) is 3.32. The van der Waals surface area contributed by atoms with Gasteiger partial charge in [-0.1, -0.05) is 30.3 Å². The Kier molecular flexibility index (Phi) is 5.59. The molecule has 1 saturated heterocycles. The number of pyridine rings is 1. The van der Waals surface area contributed by atoms with E-state index in [0.717, 1.165) is 50.2 Å². The van der Waals surface area contributed by atoms with E-state index in [2.05, 4.69) is 67.1 Å². The molecule has 4 heteroatoms. The van der Waals surface area contributed by atoms with Gasteiger partial charge < -0.3 is 4.90 Å². The van der Waals surface area contributed by atoms with Crippen LogP contribution in [0.1, 0.15) is 11.1 Å². The van der Waals surface area contributed by atoms with Gasteiger partial charge in [0.25, 0.3) is 0 Å². The smallest absolute Gasteiger partial charge is 0.0410 e. The maximum Gasteiger partial charge on any atom is 0.0410 e. The number of hydrogen-bond donors (Lipinski definition) is 0. The van der Waals surface area contributed by atoms with E-state index in [1.165, 1.54) is 11.1 Å². The Labute approximate surface area is 141 Å². The summed E-state index contributed by atoms with van der Waals surface area (Å²) in [7, 11) is 0. The van der Waals surface area contributed by atoms with E-state index in [9.17, 15) is 0 Å². The SMILES string of the molecule is Brc1cncc(CN2CCN(CCc3ccccc3)CC2)c1. The molecule has 3 rings (SSSR count). The van der Waals surface area contributed by atoms with Gasteiger partial charge >= 0.3 is 0 Å². The molecule has 1 aliphatic rings. The number of piperazine rings is 1. The highest BCUT2D eigenvalue weighted by Gasteiger charge is 2.16. The maximum absolute atomic E-state index is 4.24. The second kappa shape index (κ2) is 7.86. The van der Waals surface area contributed by atoms with Gasteiger partial charge in [0.1, 0.15) is 0 Å². The second-order valence-electron chi connectivity index (χ2n) is 5.86. The average molecular weight is 360 g/mol. The maximum atomic E-state index is 4.24. The highest BCUT2D eigenvalue weighted by molar-refractivity contribution is 9.10. The Bertz CT molecular complexity index is 580. The van der Waals surface area contributed by atoms with E-state index in [1.54, 1.807) is 0 Å². The predicted octanol–water partition coefficient (Wildman–Crippen LogP) is 3.20. The van der Waals surface area contributed by atoms with E-state index in [1.807, 2.05) is 12.4 Å². The topological polar surface area (TPSA) is 19.4 Å². The lowest BCUT2D eigenvalue weighted by Crippen LogP contribution is -2.46. The molecule has 0 aliphatic carbocycles. The van der Waals surface area contributed by atoms with Gasteiger partial charge in [-0.2, -0.15) is 0 Å². The zero-order chi connectivity index (χ0) is 15.2. The third kappa shape index (κ3) is 4.63. The summed E-state index contributed by atoms with van der Waals surface area (Å²) in [5.74, 6) is 0. The zero-order valence-electron chi connectivity index (χ0n) is 12.8. The van der Waals surface area contributed by atoms with Gasteiger partial charge in [-0.25, -0.2) is 0 Å². The number of aromatic nitrogens is 1. The lowest BCUT2D eigenvalue weighted by molar-refractivity contribution is 0.128. The summed E-state index contributed by atoms with van der Waals surface area (Å²) in [6.45, 7) is 6.76. The van der Waals surface area contributed by atoms with E-state index in [0.29, 0.717) is 0 Å². The Morgan fingerprint density at radius 3 is 2.36 bits per heavy atom. The standard InChI is InChI=1S/C18H22BrN3/c19-18-12-17(13-20-14-18)15-22-10-8-21(9-11-22)7-6-16-4-2-1-3-5-16/h1-5,12-14H,6-11,15H2. The minimum atomic E-state index is 0.999. The Balaban J connectivity index is 1.42. The van der Waals surface area contributed by atoms with Crippen LogP contribution in [0.2, 0.25) is 0 Å². The van der Waals surface area contributed by atoms with Crippen LogP contribution in [0.5, 0.6) is 0 Å². The molecule has 0 bridgehead atoms. The summed E-state index contributed by atoms with van der Waals surface area (Å²) in [6, 6.07) is 12.9. The van der Waals surface area contributed by atoms with E-state index < -0.39 is 0 Å². The Hall–Kier alpha value is -1.23. The first-order chi connectivity index (χ1) is 10.8. The zero-order valence-corrected chi connectivity index (χ0v) is 14.4. The molecular weight excluding hydrogens is 338 g/mol. The van der Waals surface area contributed by atoms with Crippen molar-refractivity contribution in [3.63, 3.8) is 0 Å². The first-order valence-electron chi connectivity index (χ1n) is 7.88. The molecule has 22 heavy (non-hydrogen) atoms. The molecule has 1 aromatic heterocycles. The van der Waals surface area contributed by atoms with Crippen molar-refractivity contribution in [3.8, 4) is 0 Å². The van der Waals surface area contributed by atoms with Gasteiger partial charge in [-0.3, -0.25) is 9.88 Å². The summed E-state index contributed by atoms with van der Waals surface area (Å²) >= 11 is 3.49. The van der Waals surface area contributed by atoms with Crippen LogP contribution in [0.25, 0.3) is 0 Å². The molecule has 0 atom stereocenters. The third-order valence-electron chi connectivity index (χ3n) is 4.19. The minimum Gasteiger partial charge on any atom is -0.300 e. The number of hydrogen-bond acceptors (Lipinski definition) is 3. The van der Waals surface area contributed by atoms with Crippen molar-refractivity contribution in [1.29, 1.82) is 0 Å². The van der Waals surface area contributed by atoms with Crippen molar-refractivity contribution in [1.82, 2.24) is 14.8 Å². The predicted molar refractivity (Wildman–Crippen MR) is 93.8 cm³/mol. The van der Waals surface area contributed by atoms with Crippen LogP contribution in [-0.2, 0) is 13.0 Å². The molecule has 0 unspecified atom stereocenters. The first kappa shape index (κ1) is 15.7. The fraction of sp³-hybridized carbons (Fsp3) is 0.389. The van der Waals surface area contributed by atoms with Crippen LogP contribution in [0, 0.1) is 0 Å².